The van der Waals surface area contributed by atoms with Crippen molar-refractivity contribution in [3.63, 3.8) is 0 Å². The van der Waals surface area contributed by atoms with Gasteiger partial charge in [-0.2, -0.15) is 15.3 Å². The molecule has 2 aliphatic rings. The number of carbonyl (C=O) groups excluding carboxylic acids is 2. The van der Waals surface area contributed by atoms with Crippen LogP contribution in [-0.2, 0) is 9.59 Å². The Morgan fingerprint density at radius 3 is 2.72 bits per heavy atom. The molecule has 132 valence electrons. The van der Waals surface area contributed by atoms with Crippen molar-refractivity contribution in [1.29, 1.82) is 0 Å². The zero-order valence-corrected chi connectivity index (χ0v) is 15.1. The predicted molar refractivity (Wildman–Crippen MR) is 97.1 cm³/mol. The summed E-state index contributed by atoms with van der Waals surface area (Å²) in [6.07, 6.45) is 3.56. The van der Waals surface area contributed by atoms with E-state index in [2.05, 4.69) is 20.8 Å². The predicted octanol–water partition coefficient (Wildman–Crippen LogP) is 2.61. The summed E-state index contributed by atoms with van der Waals surface area (Å²) in [6.45, 7) is 2.96. The molecule has 1 atom stereocenters. The zero-order valence-electron chi connectivity index (χ0n) is 14.3. The van der Waals surface area contributed by atoms with E-state index < -0.39 is 6.04 Å². The van der Waals surface area contributed by atoms with Gasteiger partial charge in [-0.15, -0.1) is 11.8 Å². The summed E-state index contributed by atoms with van der Waals surface area (Å²) in [7, 11) is 0. The highest BCUT2D eigenvalue weighted by molar-refractivity contribution is 7.98. The third-order valence-corrected chi connectivity index (χ3v) is 5.33. The van der Waals surface area contributed by atoms with E-state index in [1.807, 2.05) is 35.4 Å². The molecule has 0 spiro atoms. The first kappa shape index (κ1) is 17.6. The molecule has 2 amide bonds. The Labute approximate surface area is 151 Å². The third kappa shape index (κ3) is 3.89. The molecular formula is C17H21N5O2S. The van der Waals surface area contributed by atoms with E-state index in [-0.39, 0.29) is 17.7 Å². The molecule has 2 heterocycles. The molecule has 0 aromatic heterocycles. The lowest BCUT2D eigenvalue weighted by molar-refractivity contribution is -0.130. The fraction of sp³-hybridized carbons (Fsp3) is 0.471. The van der Waals surface area contributed by atoms with Crippen LogP contribution in [0.3, 0.4) is 0 Å². The van der Waals surface area contributed by atoms with Gasteiger partial charge in [0.25, 0.3) is 5.91 Å². The van der Waals surface area contributed by atoms with Crippen molar-refractivity contribution in [3.05, 3.63) is 24.3 Å². The van der Waals surface area contributed by atoms with Gasteiger partial charge in [-0.05, 0) is 31.2 Å². The summed E-state index contributed by atoms with van der Waals surface area (Å²) in [4.78, 5) is 26.4. The smallest absolute Gasteiger partial charge is 0.272 e. The molecule has 8 heteroatoms. The number of carbonyl (C=O) groups is 2. The van der Waals surface area contributed by atoms with Gasteiger partial charge in [0.1, 0.15) is 0 Å². The number of hydrogen-bond acceptors (Lipinski definition) is 6. The zero-order chi connectivity index (χ0) is 17.8. The van der Waals surface area contributed by atoms with Crippen LogP contribution in [0.15, 0.2) is 44.5 Å². The number of hydrogen-bond donors (Lipinski definition) is 1. The van der Waals surface area contributed by atoms with Crippen LogP contribution >= 0.6 is 11.8 Å². The largest absolute Gasteiger partial charge is 0.343 e. The number of nitrogens with zero attached hydrogens (tertiary/aromatic N) is 4. The Morgan fingerprint density at radius 2 is 2.04 bits per heavy atom. The summed E-state index contributed by atoms with van der Waals surface area (Å²) >= 11 is 1.59. The normalized spacial score (nSPS) is 21.5. The number of benzene rings is 1. The van der Waals surface area contributed by atoms with Crippen LogP contribution < -0.4 is 5.43 Å². The number of thioether (sulfide) groups is 1. The molecule has 0 aliphatic carbocycles. The second kappa shape index (κ2) is 7.77. The molecule has 0 unspecified atom stereocenters. The molecule has 0 radical (unpaired) electrons. The van der Waals surface area contributed by atoms with Gasteiger partial charge in [-0.25, -0.2) is 5.43 Å². The van der Waals surface area contributed by atoms with Crippen molar-refractivity contribution in [1.82, 2.24) is 10.3 Å². The minimum atomic E-state index is -0.677. The van der Waals surface area contributed by atoms with Crippen molar-refractivity contribution in [2.24, 2.45) is 21.2 Å². The first-order chi connectivity index (χ1) is 12.1. The van der Waals surface area contributed by atoms with E-state index in [1.54, 1.807) is 18.7 Å². The Bertz CT molecular complexity index is 726. The first-order valence-electron chi connectivity index (χ1n) is 8.27. The van der Waals surface area contributed by atoms with Crippen molar-refractivity contribution >= 4 is 35.0 Å². The molecule has 2 aliphatic heterocycles. The van der Waals surface area contributed by atoms with Crippen LogP contribution in [0.4, 0.5) is 5.69 Å². The maximum absolute atomic E-state index is 12.1. The van der Waals surface area contributed by atoms with Crippen LogP contribution in [0.2, 0.25) is 0 Å². The summed E-state index contributed by atoms with van der Waals surface area (Å²) in [5, 5.41) is 12.8. The molecule has 1 saturated heterocycles. The third-order valence-electron chi connectivity index (χ3n) is 4.55. The van der Waals surface area contributed by atoms with E-state index in [0.29, 0.717) is 13.1 Å². The highest BCUT2D eigenvalue weighted by Crippen LogP contribution is 2.29. The van der Waals surface area contributed by atoms with Crippen molar-refractivity contribution < 1.29 is 9.59 Å². The number of likely N-dealkylation sites (tertiary alicyclic amines) is 1. The molecule has 1 aromatic carbocycles. The van der Waals surface area contributed by atoms with Crippen LogP contribution in [0.25, 0.3) is 0 Å². The number of rotatable bonds is 4. The highest BCUT2D eigenvalue weighted by Gasteiger charge is 2.37. The minimum absolute atomic E-state index is 0.0888. The van der Waals surface area contributed by atoms with Crippen molar-refractivity contribution in [3.8, 4) is 0 Å². The fourth-order valence-electron chi connectivity index (χ4n) is 3.12. The average Bonchev–Trinajstić information content (AvgIpc) is 3.00. The second-order valence-corrected chi connectivity index (χ2v) is 6.93. The number of nitrogens with one attached hydrogen (secondary N) is 1. The quantitative estimate of drug-likeness (QED) is 0.662. The van der Waals surface area contributed by atoms with E-state index in [4.69, 9.17) is 0 Å². The first-order valence-corrected chi connectivity index (χ1v) is 9.49. The van der Waals surface area contributed by atoms with Crippen molar-refractivity contribution in [2.75, 3.05) is 19.3 Å². The molecule has 7 nitrogen and oxygen atoms in total. The molecule has 1 fully saturated rings. The van der Waals surface area contributed by atoms with Gasteiger partial charge < -0.3 is 4.90 Å². The monoisotopic (exact) mass is 359 g/mol. The van der Waals surface area contributed by atoms with E-state index in [1.165, 1.54) is 0 Å². The summed E-state index contributed by atoms with van der Waals surface area (Å²) in [5.74, 6) is -0.00500. The lowest BCUT2D eigenvalue weighted by Gasteiger charge is -2.31. The molecular weight excluding hydrogens is 338 g/mol. The topological polar surface area (TPSA) is 86.5 Å². The number of amides is 2. The molecule has 1 aromatic rings. The van der Waals surface area contributed by atoms with Crippen LogP contribution in [0.5, 0.6) is 0 Å². The molecule has 0 bridgehead atoms. The van der Waals surface area contributed by atoms with Gasteiger partial charge in [-0.1, -0.05) is 12.1 Å². The molecule has 0 saturated carbocycles. The van der Waals surface area contributed by atoms with Crippen LogP contribution in [-0.4, -0.2) is 47.8 Å². The van der Waals surface area contributed by atoms with Crippen LogP contribution in [0.1, 0.15) is 19.8 Å². The highest BCUT2D eigenvalue weighted by atomic mass is 32.2. The number of hydrazone groups is 1. The van der Waals surface area contributed by atoms with E-state index >= 15 is 0 Å². The van der Waals surface area contributed by atoms with Gasteiger partial charge in [0.2, 0.25) is 5.91 Å². The standard InChI is InChI=1S/C17H21N5O2S/c1-11(23)22-9-7-12(8-10-22)15-16(17(24)21-19-15)20-18-13-5-3-4-6-14(13)25-2/h3-6,12,16H,7-10H2,1-2H3,(H,21,24)/t16-/m0/s1. The Kier molecular flexibility index (Phi) is 5.47. The average molecular weight is 359 g/mol. The van der Waals surface area contributed by atoms with Crippen LogP contribution in [0, 0.1) is 5.92 Å². The Balaban J connectivity index is 1.72. The number of azo groups is 1. The molecule has 1 N–H and O–H groups in total. The summed E-state index contributed by atoms with van der Waals surface area (Å²) in [6, 6.07) is 7.02. The van der Waals surface area contributed by atoms with E-state index in [9.17, 15) is 9.59 Å². The molecule has 3 rings (SSSR count). The van der Waals surface area contributed by atoms with Gasteiger partial charge in [-0.3, -0.25) is 9.59 Å². The van der Waals surface area contributed by atoms with Crippen molar-refractivity contribution in [2.45, 2.75) is 30.7 Å². The van der Waals surface area contributed by atoms with Gasteiger partial charge in [0.15, 0.2) is 6.04 Å². The van der Waals surface area contributed by atoms with E-state index in [0.717, 1.165) is 29.1 Å². The summed E-state index contributed by atoms with van der Waals surface area (Å²) in [5.41, 5.74) is 4.01. The minimum Gasteiger partial charge on any atom is -0.343 e. The SMILES string of the molecule is CSc1ccccc1N=N[C@@H]1C(=O)NN=C1C1CCN(C(C)=O)CC1. The molecule has 25 heavy (non-hydrogen) atoms. The second-order valence-electron chi connectivity index (χ2n) is 6.08. The number of piperidine rings is 1. The maximum atomic E-state index is 12.1. The summed E-state index contributed by atoms with van der Waals surface area (Å²) < 4.78 is 0. The fourth-order valence-corrected chi connectivity index (χ4v) is 3.66. The van der Waals surface area contributed by atoms with Gasteiger partial charge >= 0.3 is 0 Å². The lowest BCUT2D eigenvalue weighted by Crippen LogP contribution is -2.41. The van der Waals surface area contributed by atoms with Gasteiger partial charge in [0, 0.05) is 30.8 Å². The maximum Gasteiger partial charge on any atom is 0.272 e. The lowest BCUT2D eigenvalue weighted by atomic mass is 9.88. The Hall–Kier alpha value is -2.22. The van der Waals surface area contributed by atoms with Gasteiger partial charge in [0.05, 0.1) is 11.4 Å². The Morgan fingerprint density at radius 1 is 1.32 bits per heavy atom.